The van der Waals surface area contributed by atoms with Gasteiger partial charge in [0.05, 0.1) is 25.2 Å². The Morgan fingerprint density at radius 2 is 1.87 bits per heavy atom. The van der Waals surface area contributed by atoms with Crippen molar-refractivity contribution in [1.82, 2.24) is 4.90 Å². The number of hydrogen-bond donors (Lipinski definition) is 0. The molecule has 80 valence electrons. The van der Waals surface area contributed by atoms with Gasteiger partial charge in [-0.25, -0.2) is 4.99 Å². The predicted molar refractivity (Wildman–Crippen MR) is 61.7 cm³/mol. The molecule has 1 fully saturated rings. The highest BCUT2D eigenvalue weighted by atomic mass is 16.5. The van der Waals surface area contributed by atoms with Crippen molar-refractivity contribution in [3.05, 3.63) is 29.8 Å². The van der Waals surface area contributed by atoms with Crippen molar-refractivity contribution >= 4 is 12.0 Å². The Labute approximate surface area is 90.4 Å². The van der Waals surface area contributed by atoms with Crippen LogP contribution in [0.15, 0.2) is 29.3 Å². The van der Waals surface area contributed by atoms with E-state index in [1.54, 1.807) is 0 Å². The first-order valence-electron chi connectivity index (χ1n) is 5.27. The third kappa shape index (κ3) is 3.06. The molecule has 15 heavy (non-hydrogen) atoms. The molecule has 1 aliphatic heterocycles. The van der Waals surface area contributed by atoms with E-state index >= 15 is 0 Å². The third-order valence-electron chi connectivity index (χ3n) is 2.45. The highest BCUT2D eigenvalue weighted by Gasteiger charge is 2.05. The molecule has 2 rings (SSSR count). The van der Waals surface area contributed by atoms with Gasteiger partial charge in [-0.3, -0.25) is 0 Å². The summed E-state index contributed by atoms with van der Waals surface area (Å²) in [5.41, 5.74) is 2.27. The molecule has 0 saturated carbocycles. The van der Waals surface area contributed by atoms with Crippen molar-refractivity contribution < 1.29 is 4.74 Å². The molecule has 1 aromatic carbocycles. The summed E-state index contributed by atoms with van der Waals surface area (Å²) < 4.78 is 5.26. The Bertz CT molecular complexity index is 326. The minimum absolute atomic E-state index is 0.805. The fourth-order valence-electron chi connectivity index (χ4n) is 1.47. The summed E-state index contributed by atoms with van der Waals surface area (Å²) in [7, 11) is 0. The van der Waals surface area contributed by atoms with E-state index in [2.05, 4.69) is 28.9 Å². The smallest absolute Gasteiger partial charge is 0.0913 e. The molecule has 0 bridgehead atoms. The Balaban J connectivity index is 1.95. The second-order valence-electron chi connectivity index (χ2n) is 3.73. The van der Waals surface area contributed by atoms with Gasteiger partial charge in [0.15, 0.2) is 0 Å². The van der Waals surface area contributed by atoms with Gasteiger partial charge in [-0.05, 0) is 19.1 Å². The summed E-state index contributed by atoms with van der Waals surface area (Å²) in [4.78, 5) is 6.60. The van der Waals surface area contributed by atoms with Gasteiger partial charge in [-0.15, -0.1) is 0 Å². The molecule has 0 spiro atoms. The second kappa shape index (κ2) is 4.94. The van der Waals surface area contributed by atoms with E-state index in [4.69, 9.17) is 4.74 Å². The van der Waals surface area contributed by atoms with Gasteiger partial charge in [0.25, 0.3) is 0 Å². The lowest BCUT2D eigenvalue weighted by molar-refractivity contribution is 0.0701. The Hall–Kier alpha value is -1.35. The van der Waals surface area contributed by atoms with Crippen LogP contribution in [0.1, 0.15) is 5.56 Å². The summed E-state index contributed by atoms with van der Waals surface area (Å²) in [6.45, 7) is 5.57. The minimum atomic E-state index is 0.805. The maximum absolute atomic E-state index is 5.26. The van der Waals surface area contributed by atoms with E-state index in [0.29, 0.717) is 0 Å². The van der Waals surface area contributed by atoms with Gasteiger partial charge >= 0.3 is 0 Å². The van der Waals surface area contributed by atoms with Crippen LogP contribution in [0.2, 0.25) is 0 Å². The lowest BCUT2D eigenvalue weighted by Crippen LogP contribution is -2.34. The van der Waals surface area contributed by atoms with E-state index in [-0.39, 0.29) is 0 Å². The number of nitrogens with zero attached hydrogens (tertiary/aromatic N) is 2. The van der Waals surface area contributed by atoms with Gasteiger partial charge in [0.2, 0.25) is 0 Å². The van der Waals surface area contributed by atoms with Crippen molar-refractivity contribution in [2.24, 2.45) is 4.99 Å². The maximum Gasteiger partial charge on any atom is 0.0913 e. The lowest BCUT2D eigenvalue weighted by atomic mass is 10.2. The summed E-state index contributed by atoms with van der Waals surface area (Å²) in [5.74, 6) is 0. The van der Waals surface area contributed by atoms with Gasteiger partial charge < -0.3 is 9.64 Å². The number of aryl methyl sites for hydroxylation is 1. The molecule has 1 aliphatic rings. The highest BCUT2D eigenvalue weighted by Crippen LogP contribution is 2.11. The fourth-order valence-corrected chi connectivity index (χ4v) is 1.47. The maximum atomic E-state index is 5.26. The van der Waals surface area contributed by atoms with Gasteiger partial charge in [0, 0.05) is 13.1 Å². The molecule has 1 heterocycles. The normalized spacial score (nSPS) is 17.3. The Kier molecular flexibility index (Phi) is 3.35. The Morgan fingerprint density at radius 3 is 2.53 bits per heavy atom. The molecule has 0 unspecified atom stereocenters. The van der Waals surface area contributed by atoms with Crippen molar-refractivity contribution in [2.75, 3.05) is 26.3 Å². The van der Waals surface area contributed by atoms with Crippen LogP contribution in [0.3, 0.4) is 0 Å². The molecule has 0 atom stereocenters. The van der Waals surface area contributed by atoms with E-state index in [1.165, 1.54) is 5.56 Å². The SMILES string of the molecule is Cc1ccc(N=CN2CCOCC2)cc1. The number of rotatable bonds is 2. The van der Waals surface area contributed by atoms with Crippen molar-refractivity contribution in [1.29, 1.82) is 0 Å². The largest absolute Gasteiger partial charge is 0.378 e. The molecular weight excluding hydrogens is 188 g/mol. The van der Waals surface area contributed by atoms with Crippen LogP contribution in [0, 0.1) is 6.92 Å². The summed E-state index contributed by atoms with van der Waals surface area (Å²) in [5, 5.41) is 0. The molecule has 0 aromatic heterocycles. The van der Waals surface area contributed by atoms with E-state index in [0.717, 1.165) is 32.0 Å². The topological polar surface area (TPSA) is 24.8 Å². The summed E-state index contributed by atoms with van der Waals surface area (Å²) in [6.07, 6.45) is 1.91. The molecule has 3 nitrogen and oxygen atoms in total. The second-order valence-corrected chi connectivity index (χ2v) is 3.73. The first-order valence-corrected chi connectivity index (χ1v) is 5.27. The summed E-state index contributed by atoms with van der Waals surface area (Å²) in [6, 6.07) is 8.22. The predicted octanol–water partition coefficient (Wildman–Crippen LogP) is 1.99. The van der Waals surface area contributed by atoms with Crippen LogP contribution >= 0.6 is 0 Å². The van der Waals surface area contributed by atoms with Gasteiger partial charge in [0.1, 0.15) is 0 Å². The lowest BCUT2D eigenvalue weighted by Gasteiger charge is -2.24. The van der Waals surface area contributed by atoms with Crippen molar-refractivity contribution in [3.8, 4) is 0 Å². The molecule has 1 saturated heterocycles. The number of benzene rings is 1. The third-order valence-corrected chi connectivity index (χ3v) is 2.45. The molecule has 0 aliphatic carbocycles. The molecule has 0 N–H and O–H groups in total. The number of ether oxygens (including phenoxy) is 1. The zero-order valence-corrected chi connectivity index (χ0v) is 9.02. The standard InChI is InChI=1S/C12H16N2O/c1-11-2-4-12(5-3-11)13-10-14-6-8-15-9-7-14/h2-5,10H,6-9H2,1H3. The first kappa shape index (κ1) is 10.2. The van der Waals surface area contributed by atoms with Crippen LogP contribution in [0.25, 0.3) is 0 Å². The minimum Gasteiger partial charge on any atom is -0.378 e. The average Bonchev–Trinajstić information content (AvgIpc) is 2.30. The number of morpholine rings is 1. The van der Waals surface area contributed by atoms with Crippen LogP contribution in [-0.4, -0.2) is 37.5 Å². The summed E-state index contributed by atoms with van der Waals surface area (Å²) >= 11 is 0. The first-order chi connectivity index (χ1) is 7.34. The molecular formula is C12H16N2O. The number of aliphatic imine (C=N–C) groups is 1. The zero-order chi connectivity index (χ0) is 10.5. The number of hydrogen-bond acceptors (Lipinski definition) is 2. The van der Waals surface area contributed by atoms with Crippen LogP contribution in [0.4, 0.5) is 5.69 Å². The van der Waals surface area contributed by atoms with Crippen LogP contribution in [0.5, 0.6) is 0 Å². The van der Waals surface area contributed by atoms with Crippen molar-refractivity contribution in [3.63, 3.8) is 0 Å². The monoisotopic (exact) mass is 204 g/mol. The molecule has 0 radical (unpaired) electrons. The quantitative estimate of drug-likeness (QED) is 0.543. The zero-order valence-electron chi connectivity index (χ0n) is 9.02. The van der Waals surface area contributed by atoms with Gasteiger partial charge in [-0.1, -0.05) is 17.7 Å². The van der Waals surface area contributed by atoms with E-state index < -0.39 is 0 Å². The highest BCUT2D eigenvalue weighted by molar-refractivity contribution is 5.61. The fraction of sp³-hybridized carbons (Fsp3) is 0.417. The van der Waals surface area contributed by atoms with Crippen LogP contribution in [-0.2, 0) is 4.74 Å². The van der Waals surface area contributed by atoms with Crippen molar-refractivity contribution in [2.45, 2.75) is 6.92 Å². The molecule has 0 amide bonds. The van der Waals surface area contributed by atoms with Crippen LogP contribution < -0.4 is 0 Å². The Morgan fingerprint density at radius 1 is 1.20 bits per heavy atom. The van der Waals surface area contributed by atoms with Gasteiger partial charge in [-0.2, -0.15) is 0 Å². The molecule has 1 aromatic rings. The average molecular weight is 204 g/mol. The van der Waals surface area contributed by atoms with E-state index in [9.17, 15) is 0 Å². The molecule has 3 heteroatoms. The van der Waals surface area contributed by atoms with E-state index in [1.807, 2.05) is 18.5 Å².